The van der Waals surface area contributed by atoms with Crippen LogP contribution in [0, 0.1) is 12.8 Å². The smallest absolute Gasteiger partial charge is 0.248 e. The Bertz CT molecular complexity index is 568. The summed E-state index contributed by atoms with van der Waals surface area (Å²) in [4.78, 5) is 35.7. The molecule has 3 amide bonds. The molecule has 1 fully saturated rings. The van der Waals surface area contributed by atoms with Crippen LogP contribution in [0.15, 0.2) is 18.2 Å². The van der Waals surface area contributed by atoms with Crippen molar-refractivity contribution in [3.63, 3.8) is 0 Å². The fourth-order valence-electron chi connectivity index (χ4n) is 2.18. The van der Waals surface area contributed by atoms with E-state index in [2.05, 4.69) is 0 Å². The Hall–Kier alpha value is -2.37. The van der Waals surface area contributed by atoms with Gasteiger partial charge in [0.2, 0.25) is 17.7 Å². The van der Waals surface area contributed by atoms with E-state index in [9.17, 15) is 14.4 Å². The van der Waals surface area contributed by atoms with E-state index in [-0.39, 0.29) is 18.9 Å². The number of hydrogen-bond donors (Lipinski definition) is 2. The Labute approximate surface area is 110 Å². The minimum atomic E-state index is -0.556. The van der Waals surface area contributed by atoms with Crippen LogP contribution in [0.25, 0.3) is 0 Å². The third-order valence-electron chi connectivity index (χ3n) is 3.31. The van der Waals surface area contributed by atoms with E-state index in [1.807, 2.05) is 6.92 Å². The molecule has 1 aromatic carbocycles. The van der Waals surface area contributed by atoms with Gasteiger partial charge < -0.3 is 16.4 Å². The van der Waals surface area contributed by atoms with Gasteiger partial charge in [-0.2, -0.15) is 0 Å². The average molecular weight is 261 g/mol. The van der Waals surface area contributed by atoms with Gasteiger partial charge in [0.25, 0.3) is 0 Å². The van der Waals surface area contributed by atoms with Crippen LogP contribution < -0.4 is 16.4 Å². The van der Waals surface area contributed by atoms with Crippen molar-refractivity contribution < 1.29 is 14.4 Å². The lowest BCUT2D eigenvalue weighted by molar-refractivity contribution is -0.123. The van der Waals surface area contributed by atoms with E-state index in [0.717, 1.165) is 5.56 Å². The summed E-state index contributed by atoms with van der Waals surface area (Å²) in [5.74, 6) is -1.70. The van der Waals surface area contributed by atoms with Crippen molar-refractivity contribution in [2.45, 2.75) is 13.3 Å². The van der Waals surface area contributed by atoms with E-state index in [1.165, 1.54) is 4.90 Å². The maximum absolute atomic E-state index is 11.9. The second-order valence-electron chi connectivity index (χ2n) is 4.67. The molecule has 0 aromatic heterocycles. The van der Waals surface area contributed by atoms with Crippen molar-refractivity contribution in [3.8, 4) is 0 Å². The first-order chi connectivity index (χ1) is 8.90. The second-order valence-corrected chi connectivity index (χ2v) is 4.67. The summed E-state index contributed by atoms with van der Waals surface area (Å²) in [5.41, 5.74) is 12.2. The van der Waals surface area contributed by atoms with Crippen LogP contribution in [0.2, 0.25) is 0 Å². The van der Waals surface area contributed by atoms with Gasteiger partial charge >= 0.3 is 0 Å². The quantitative estimate of drug-likeness (QED) is 0.795. The molecule has 19 heavy (non-hydrogen) atoms. The van der Waals surface area contributed by atoms with E-state index in [0.29, 0.717) is 11.3 Å². The Morgan fingerprint density at radius 3 is 2.53 bits per heavy atom. The van der Waals surface area contributed by atoms with Crippen LogP contribution in [0.4, 0.5) is 5.69 Å². The molecule has 0 bridgehead atoms. The van der Waals surface area contributed by atoms with Gasteiger partial charge in [0, 0.05) is 24.2 Å². The van der Waals surface area contributed by atoms with Gasteiger partial charge in [-0.05, 0) is 24.6 Å². The van der Waals surface area contributed by atoms with Crippen LogP contribution in [-0.4, -0.2) is 24.3 Å². The molecular weight excluding hydrogens is 246 g/mol. The molecule has 0 saturated carbocycles. The van der Waals surface area contributed by atoms with Crippen molar-refractivity contribution in [1.29, 1.82) is 0 Å². The Morgan fingerprint density at radius 1 is 1.32 bits per heavy atom. The van der Waals surface area contributed by atoms with Gasteiger partial charge in [0.05, 0.1) is 5.92 Å². The number of hydrogen-bond acceptors (Lipinski definition) is 3. The number of amides is 3. The lowest BCUT2D eigenvalue weighted by atomic mass is 10.1. The van der Waals surface area contributed by atoms with Crippen LogP contribution in [0.5, 0.6) is 0 Å². The van der Waals surface area contributed by atoms with Gasteiger partial charge in [-0.25, -0.2) is 0 Å². The molecule has 6 nitrogen and oxygen atoms in total. The first kappa shape index (κ1) is 13.1. The maximum atomic E-state index is 11.9. The van der Waals surface area contributed by atoms with Gasteiger partial charge in [-0.15, -0.1) is 0 Å². The Balaban J connectivity index is 2.36. The molecule has 1 atom stereocenters. The van der Waals surface area contributed by atoms with Gasteiger partial charge in [0.1, 0.15) is 0 Å². The first-order valence-corrected chi connectivity index (χ1v) is 5.90. The zero-order chi connectivity index (χ0) is 14.2. The van der Waals surface area contributed by atoms with Crippen LogP contribution in [-0.2, 0) is 9.59 Å². The van der Waals surface area contributed by atoms with Crippen molar-refractivity contribution in [1.82, 2.24) is 0 Å². The standard InChI is InChI=1S/C13H15N3O3/c1-7-2-3-8(12(14)18)4-10(7)16-6-9(13(15)19)5-11(16)17/h2-4,9H,5-6H2,1H3,(H2,14,18)(H2,15,19). The fraction of sp³-hybridized carbons (Fsp3) is 0.308. The number of carbonyl (C=O) groups excluding carboxylic acids is 3. The number of nitrogens with two attached hydrogens (primary N) is 2. The van der Waals surface area contributed by atoms with Crippen molar-refractivity contribution in [2.24, 2.45) is 17.4 Å². The summed E-state index contributed by atoms with van der Waals surface area (Å²) >= 11 is 0. The third-order valence-corrected chi connectivity index (χ3v) is 3.31. The summed E-state index contributed by atoms with van der Waals surface area (Å²) in [5, 5.41) is 0. The fourth-order valence-corrected chi connectivity index (χ4v) is 2.18. The van der Waals surface area contributed by atoms with Crippen LogP contribution in [0.3, 0.4) is 0 Å². The average Bonchev–Trinajstić information content (AvgIpc) is 2.72. The highest BCUT2D eigenvalue weighted by Crippen LogP contribution is 2.28. The normalized spacial score (nSPS) is 18.7. The Morgan fingerprint density at radius 2 is 2.00 bits per heavy atom. The van der Waals surface area contributed by atoms with Gasteiger partial charge in [-0.1, -0.05) is 6.07 Å². The molecule has 100 valence electrons. The minimum Gasteiger partial charge on any atom is -0.369 e. The lowest BCUT2D eigenvalue weighted by Gasteiger charge is -2.19. The molecule has 0 spiro atoms. The molecule has 1 heterocycles. The van der Waals surface area contributed by atoms with Crippen LogP contribution in [0.1, 0.15) is 22.3 Å². The largest absolute Gasteiger partial charge is 0.369 e. The van der Waals surface area contributed by atoms with E-state index >= 15 is 0 Å². The van der Waals surface area contributed by atoms with E-state index < -0.39 is 17.7 Å². The Kier molecular flexibility index (Phi) is 3.25. The highest BCUT2D eigenvalue weighted by Gasteiger charge is 2.34. The molecule has 0 radical (unpaired) electrons. The zero-order valence-corrected chi connectivity index (χ0v) is 10.6. The number of anilines is 1. The monoisotopic (exact) mass is 261 g/mol. The van der Waals surface area contributed by atoms with Crippen LogP contribution >= 0.6 is 0 Å². The maximum Gasteiger partial charge on any atom is 0.248 e. The molecule has 2 rings (SSSR count). The molecule has 1 aliphatic heterocycles. The zero-order valence-electron chi connectivity index (χ0n) is 10.6. The molecular formula is C13H15N3O3. The predicted octanol–water partition coefficient (Wildman–Crippen LogP) is -0.0679. The summed E-state index contributed by atoms with van der Waals surface area (Å²) in [6, 6.07) is 4.90. The summed E-state index contributed by atoms with van der Waals surface area (Å²) in [6.45, 7) is 2.07. The highest BCUT2D eigenvalue weighted by atomic mass is 16.2. The van der Waals surface area contributed by atoms with Crippen molar-refractivity contribution >= 4 is 23.4 Å². The molecule has 6 heteroatoms. The summed E-state index contributed by atoms with van der Waals surface area (Å²) in [7, 11) is 0. The predicted molar refractivity (Wildman–Crippen MR) is 69.4 cm³/mol. The summed E-state index contributed by atoms with van der Waals surface area (Å²) in [6.07, 6.45) is 0.107. The molecule has 1 aliphatic rings. The molecule has 0 aliphatic carbocycles. The lowest BCUT2D eigenvalue weighted by Crippen LogP contribution is -2.29. The van der Waals surface area contributed by atoms with E-state index in [1.54, 1.807) is 18.2 Å². The first-order valence-electron chi connectivity index (χ1n) is 5.90. The highest BCUT2D eigenvalue weighted by molar-refractivity contribution is 6.02. The SMILES string of the molecule is Cc1ccc(C(N)=O)cc1N1CC(C(N)=O)CC1=O. The number of rotatable bonds is 3. The third kappa shape index (κ3) is 2.42. The number of benzene rings is 1. The molecule has 1 unspecified atom stereocenters. The molecule has 1 saturated heterocycles. The van der Waals surface area contributed by atoms with Gasteiger partial charge in [0.15, 0.2) is 0 Å². The number of nitrogens with zero attached hydrogens (tertiary/aromatic N) is 1. The van der Waals surface area contributed by atoms with Gasteiger partial charge in [-0.3, -0.25) is 14.4 Å². The number of aryl methyl sites for hydroxylation is 1. The molecule has 1 aromatic rings. The van der Waals surface area contributed by atoms with Crippen molar-refractivity contribution in [2.75, 3.05) is 11.4 Å². The van der Waals surface area contributed by atoms with E-state index in [4.69, 9.17) is 11.5 Å². The summed E-state index contributed by atoms with van der Waals surface area (Å²) < 4.78 is 0. The number of primary amides is 2. The van der Waals surface area contributed by atoms with Crippen molar-refractivity contribution in [3.05, 3.63) is 29.3 Å². The second kappa shape index (κ2) is 4.72. The minimum absolute atomic E-state index is 0.107. The molecule has 4 N–H and O–H groups in total. The number of carbonyl (C=O) groups is 3. The topological polar surface area (TPSA) is 106 Å².